The molecule has 158 valence electrons. The Kier molecular flexibility index (Phi) is 6.46. The maximum absolute atomic E-state index is 12.8. The van der Waals surface area contributed by atoms with Crippen LogP contribution < -0.4 is 14.8 Å². The zero-order valence-corrected chi connectivity index (χ0v) is 18.1. The third kappa shape index (κ3) is 4.33. The monoisotopic (exact) mass is 478 g/mol. The summed E-state index contributed by atoms with van der Waals surface area (Å²) in [6, 6.07) is 5.80. The van der Waals surface area contributed by atoms with Crippen molar-refractivity contribution in [2.45, 2.75) is 13.5 Å². The molecule has 2 heterocycles. The minimum atomic E-state index is -0.647. The molecule has 3 rings (SSSR count). The molecule has 1 aliphatic rings. The van der Waals surface area contributed by atoms with E-state index in [1.165, 1.54) is 32.4 Å². The molecule has 30 heavy (non-hydrogen) atoms. The highest BCUT2D eigenvalue weighted by Gasteiger charge is 2.34. The Morgan fingerprint density at radius 2 is 2.03 bits per heavy atom. The molecule has 0 aliphatic carbocycles. The lowest BCUT2D eigenvalue weighted by atomic mass is 10.1. The highest BCUT2D eigenvalue weighted by molar-refractivity contribution is 9.10. The first-order valence-electron chi connectivity index (χ1n) is 8.89. The molecule has 1 aromatic carbocycles. The van der Waals surface area contributed by atoms with Gasteiger partial charge in [-0.05, 0) is 37.3 Å². The number of carbonyl (C=O) groups excluding carboxylic acids is 3. The van der Waals surface area contributed by atoms with Gasteiger partial charge in [-0.2, -0.15) is 0 Å². The van der Waals surface area contributed by atoms with E-state index in [0.717, 1.165) is 4.90 Å². The number of furan rings is 1. The Morgan fingerprint density at radius 1 is 1.27 bits per heavy atom. The minimum Gasteiger partial charge on any atom is -0.493 e. The number of esters is 1. The van der Waals surface area contributed by atoms with Crippen LogP contribution in [0.2, 0.25) is 0 Å². The number of methoxy groups -OCH3 is 2. The molecule has 10 heteroatoms. The molecule has 0 saturated carbocycles. The van der Waals surface area contributed by atoms with Crippen molar-refractivity contribution >= 4 is 39.9 Å². The lowest BCUT2D eigenvalue weighted by molar-refractivity contribution is -0.123. The summed E-state index contributed by atoms with van der Waals surface area (Å²) in [5.74, 6) is -0.0109. The predicted octanol–water partition coefficient (Wildman–Crippen LogP) is 3.33. The fraction of sp³-hybridized carbons (Fsp3) is 0.250. The van der Waals surface area contributed by atoms with Gasteiger partial charge in [0.15, 0.2) is 11.5 Å². The van der Waals surface area contributed by atoms with E-state index >= 15 is 0 Å². The number of rotatable bonds is 7. The summed E-state index contributed by atoms with van der Waals surface area (Å²) in [7, 11) is 2.74. The summed E-state index contributed by atoms with van der Waals surface area (Å²) in [6.45, 7) is 2.08. The van der Waals surface area contributed by atoms with Crippen LogP contribution in [-0.2, 0) is 16.1 Å². The van der Waals surface area contributed by atoms with Crippen LogP contribution in [0.1, 0.15) is 28.8 Å². The zero-order valence-electron chi connectivity index (χ0n) is 16.5. The highest BCUT2D eigenvalue weighted by atomic mass is 79.9. The van der Waals surface area contributed by atoms with E-state index in [1.54, 1.807) is 12.1 Å². The van der Waals surface area contributed by atoms with E-state index in [2.05, 4.69) is 26.0 Å². The number of hydrogen-bond acceptors (Lipinski definition) is 7. The molecule has 2 aromatic rings. The lowest BCUT2D eigenvalue weighted by Crippen LogP contribution is -2.30. The topological polar surface area (TPSA) is 107 Å². The molecule has 1 saturated heterocycles. The molecule has 0 unspecified atom stereocenters. The van der Waals surface area contributed by atoms with E-state index in [-0.39, 0.29) is 23.8 Å². The lowest BCUT2D eigenvalue weighted by Gasteiger charge is -2.13. The smallest absolute Gasteiger partial charge is 0.373 e. The number of carbonyl (C=O) groups is 3. The second-order valence-corrected chi connectivity index (χ2v) is 7.01. The van der Waals surface area contributed by atoms with Crippen LogP contribution in [-0.4, -0.2) is 43.6 Å². The predicted molar refractivity (Wildman–Crippen MR) is 109 cm³/mol. The van der Waals surface area contributed by atoms with Gasteiger partial charge < -0.3 is 23.9 Å². The molecule has 1 aromatic heterocycles. The largest absolute Gasteiger partial charge is 0.493 e. The fourth-order valence-electron chi connectivity index (χ4n) is 2.85. The van der Waals surface area contributed by atoms with E-state index in [1.807, 2.05) is 6.92 Å². The summed E-state index contributed by atoms with van der Waals surface area (Å²) in [4.78, 5) is 37.6. The first kappa shape index (κ1) is 21.4. The Balaban J connectivity index is 1.87. The normalized spacial score (nSPS) is 14.8. The molecule has 0 radical (unpaired) electrons. The number of ether oxygens (including phenoxy) is 3. The van der Waals surface area contributed by atoms with Crippen LogP contribution in [0.15, 0.2) is 38.9 Å². The van der Waals surface area contributed by atoms with Crippen molar-refractivity contribution in [1.29, 1.82) is 0 Å². The molecule has 1 aliphatic heterocycles. The average molecular weight is 479 g/mol. The van der Waals surface area contributed by atoms with Gasteiger partial charge in [-0.15, -0.1) is 0 Å². The Labute approximate surface area is 180 Å². The van der Waals surface area contributed by atoms with Crippen LogP contribution >= 0.6 is 15.9 Å². The van der Waals surface area contributed by atoms with Gasteiger partial charge in [0.05, 0.1) is 27.4 Å². The second kappa shape index (κ2) is 9.04. The van der Waals surface area contributed by atoms with Crippen LogP contribution in [0.5, 0.6) is 11.5 Å². The van der Waals surface area contributed by atoms with Crippen molar-refractivity contribution in [3.05, 3.63) is 51.5 Å². The van der Waals surface area contributed by atoms with Gasteiger partial charge in [-0.25, -0.2) is 9.59 Å². The van der Waals surface area contributed by atoms with E-state index < -0.39 is 17.9 Å². The number of hydrogen-bond donors (Lipinski definition) is 1. The summed E-state index contributed by atoms with van der Waals surface area (Å²) < 4.78 is 21.6. The van der Waals surface area contributed by atoms with Crippen LogP contribution in [0, 0.1) is 0 Å². The van der Waals surface area contributed by atoms with Gasteiger partial charge in [0.25, 0.3) is 5.91 Å². The summed E-state index contributed by atoms with van der Waals surface area (Å²) in [6.07, 6.45) is 1.51. The van der Waals surface area contributed by atoms with Crippen LogP contribution in [0.4, 0.5) is 4.79 Å². The Bertz CT molecular complexity index is 1030. The van der Waals surface area contributed by atoms with Gasteiger partial charge in [0, 0.05) is 10.0 Å². The van der Waals surface area contributed by atoms with Crippen molar-refractivity contribution in [2.75, 3.05) is 20.8 Å². The standard InChI is InChI=1S/C20H19BrN2O7/c1-4-29-17-11(7-12(21)9-16(17)27-2)8-14-18(24)23(20(26)22-14)10-13-5-6-15(30-13)19(25)28-3/h5-9H,4,10H2,1-3H3,(H,22,26). The van der Waals surface area contributed by atoms with Crippen molar-refractivity contribution in [3.8, 4) is 11.5 Å². The van der Waals surface area contributed by atoms with Crippen molar-refractivity contribution in [3.63, 3.8) is 0 Å². The third-order valence-electron chi connectivity index (χ3n) is 4.18. The molecule has 0 atom stereocenters. The molecular weight excluding hydrogens is 460 g/mol. The molecular formula is C20H19BrN2O7. The van der Waals surface area contributed by atoms with E-state index in [9.17, 15) is 14.4 Å². The number of benzene rings is 1. The zero-order chi connectivity index (χ0) is 21.8. The molecule has 1 N–H and O–H groups in total. The minimum absolute atomic E-state index is 0.0158. The number of amides is 3. The summed E-state index contributed by atoms with van der Waals surface area (Å²) in [5.41, 5.74) is 0.625. The Hall–Kier alpha value is -3.27. The van der Waals surface area contributed by atoms with Crippen LogP contribution in [0.3, 0.4) is 0 Å². The third-order valence-corrected chi connectivity index (χ3v) is 4.64. The Morgan fingerprint density at radius 3 is 2.70 bits per heavy atom. The molecule has 3 amide bonds. The van der Waals surface area contributed by atoms with Crippen molar-refractivity contribution < 1.29 is 33.0 Å². The highest BCUT2D eigenvalue weighted by Crippen LogP contribution is 2.36. The van der Waals surface area contributed by atoms with Crippen molar-refractivity contribution in [2.24, 2.45) is 0 Å². The number of halogens is 1. The SMILES string of the molecule is CCOc1c(C=C2NC(=O)N(Cc3ccc(C(=O)OC)o3)C2=O)cc(Br)cc1OC. The molecule has 9 nitrogen and oxygen atoms in total. The van der Waals surface area contributed by atoms with Gasteiger partial charge in [0.2, 0.25) is 5.76 Å². The second-order valence-electron chi connectivity index (χ2n) is 6.10. The average Bonchev–Trinajstić information content (AvgIpc) is 3.29. The molecule has 0 spiro atoms. The first-order valence-corrected chi connectivity index (χ1v) is 9.69. The number of urea groups is 1. The summed E-state index contributed by atoms with van der Waals surface area (Å²) >= 11 is 3.39. The number of nitrogens with one attached hydrogen (secondary N) is 1. The molecule has 1 fully saturated rings. The van der Waals surface area contributed by atoms with Gasteiger partial charge in [-0.3, -0.25) is 9.69 Å². The maximum atomic E-state index is 12.8. The van der Waals surface area contributed by atoms with Gasteiger partial charge >= 0.3 is 12.0 Å². The number of nitrogens with zero attached hydrogens (tertiary/aromatic N) is 1. The maximum Gasteiger partial charge on any atom is 0.373 e. The summed E-state index contributed by atoms with van der Waals surface area (Å²) in [5, 5.41) is 2.54. The quantitative estimate of drug-likeness (QED) is 0.369. The fourth-order valence-corrected chi connectivity index (χ4v) is 3.30. The van der Waals surface area contributed by atoms with Gasteiger partial charge in [-0.1, -0.05) is 15.9 Å². The van der Waals surface area contributed by atoms with Gasteiger partial charge in [0.1, 0.15) is 11.5 Å². The van der Waals surface area contributed by atoms with Crippen molar-refractivity contribution in [1.82, 2.24) is 10.2 Å². The van der Waals surface area contributed by atoms with E-state index in [0.29, 0.717) is 28.1 Å². The van der Waals surface area contributed by atoms with E-state index in [4.69, 9.17) is 13.9 Å². The molecule has 0 bridgehead atoms. The number of imide groups is 1. The first-order chi connectivity index (χ1) is 14.4. The van der Waals surface area contributed by atoms with Crippen LogP contribution in [0.25, 0.3) is 6.08 Å².